The highest BCUT2D eigenvalue weighted by Crippen LogP contribution is 2.42. The molecule has 7 rings (SSSR count). The number of rotatable bonds is 6. The van der Waals surface area contributed by atoms with Crippen molar-refractivity contribution in [1.29, 1.82) is 0 Å². The summed E-state index contributed by atoms with van der Waals surface area (Å²) in [5.74, 6) is 0.584. The number of carbonyl (C=O) groups is 3. The minimum Gasteiger partial charge on any atom is -0.379 e. The maximum absolute atomic E-state index is 13.6. The van der Waals surface area contributed by atoms with Crippen LogP contribution in [0.1, 0.15) is 83.8 Å². The van der Waals surface area contributed by atoms with Crippen LogP contribution in [0.15, 0.2) is 52.0 Å². The molecule has 0 aliphatic carbocycles. The zero-order valence-corrected chi connectivity index (χ0v) is 31.2. The topological polar surface area (TPSA) is 133 Å². The molecule has 6 heterocycles. The predicted octanol–water partition coefficient (Wildman–Crippen LogP) is 4.19. The van der Waals surface area contributed by atoms with Crippen LogP contribution in [0.3, 0.4) is 0 Å². The van der Waals surface area contributed by atoms with Crippen molar-refractivity contribution in [3.05, 3.63) is 79.8 Å². The molecule has 12 nitrogen and oxygen atoms in total. The number of amides is 3. The first-order valence-corrected chi connectivity index (χ1v) is 18.9. The largest absolute Gasteiger partial charge is 0.379 e. The van der Waals surface area contributed by atoms with Gasteiger partial charge in [-0.05, 0) is 115 Å². The van der Waals surface area contributed by atoms with Crippen molar-refractivity contribution < 1.29 is 14.4 Å². The Balaban J connectivity index is 0.911. The number of likely N-dealkylation sites (N-methyl/N-ethyl adjacent to an activating group) is 1. The van der Waals surface area contributed by atoms with Crippen LogP contribution in [-0.4, -0.2) is 94.6 Å². The lowest BCUT2D eigenvalue weighted by Crippen LogP contribution is -2.48. The van der Waals surface area contributed by atoms with E-state index >= 15 is 0 Å². The Morgan fingerprint density at radius 1 is 0.980 bits per heavy atom. The highest BCUT2D eigenvalue weighted by Gasteiger charge is 2.39. The van der Waals surface area contributed by atoms with E-state index in [1.54, 1.807) is 13.2 Å². The van der Waals surface area contributed by atoms with Crippen LogP contribution in [0, 0.1) is 12.3 Å². The molecule has 4 aliphatic rings. The molecule has 0 radical (unpaired) electrons. The lowest BCUT2D eigenvalue weighted by Gasteiger charge is -2.47. The van der Waals surface area contributed by atoms with Gasteiger partial charge in [0.1, 0.15) is 10.3 Å². The fraction of sp³-hybridized carbons (Fsp3) is 0.526. The van der Waals surface area contributed by atoms with Gasteiger partial charge in [-0.15, -0.1) is 0 Å². The zero-order chi connectivity index (χ0) is 35.9. The molecule has 13 heteroatoms. The quantitative estimate of drug-likeness (QED) is 0.356. The summed E-state index contributed by atoms with van der Waals surface area (Å²) in [6, 6.07) is 10.4. The summed E-state index contributed by atoms with van der Waals surface area (Å²) >= 11 is 3.43. The molecule has 3 atom stereocenters. The molecule has 0 saturated carbocycles. The average molecular weight is 760 g/mol. The maximum Gasteiger partial charge on any atom is 0.282 e. The molecule has 1 aromatic carbocycles. The highest BCUT2D eigenvalue weighted by atomic mass is 79.9. The number of hydrogen-bond acceptors (Lipinski definition) is 9. The fourth-order valence-corrected chi connectivity index (χ4v) is 9.02. The zero-order valence-electron chi connectivity index (χ0n) is 29.7. The lowest BCUT2D eigenvalue weighted by atomic mass is 9.71. The summed E-state index contributed by atoms with van der Waals surface area (Å²) in [6.45, 7) is 7.19. The van der Waals surface area contributed by atoms with Gasteiger partial charge >= 0.3 is 0 Å². The third-order valence-corrected chi connectivity index (χ3v) is 12.5. The molecule has 1 spiro atoms. The number of likely N-dealkylation sites (tertiary alicyclic amines) is 2. The number of piperidine rings is 4. The van der Waals surface area contributed by atoms with Gasteiger partial charge < -0.3 is 20.0 Å². The van der Waals surface area contributed by atoms with Crippen molar-refractivity contribution >= 4 is 45.2 Å². The molecular formula is C38H47BrN8O4. The lowest BCUT2D eigenvalue weighted by molar-refractivity contribution is -0.134. The number of pyridine rings is 1. The van der Waals surface area contributed by atoms with E-state index in [1.807, 2.05) is 30.2 Å². The summed E-state index contributed by atoms with van der Waals surface area (Å²) in [7, 11) is 3.75. The molecule has 4 fully saturated rings. The third kappa shape index (κ3) is 7.46. The summed E-state index contributed by atoms with van der Waals surface area (Å²) < 4.78 is 1.80. The van der Waals surface area contributed by atoms with E-state index in [-0.39, 0.29) is 40.7 Å². The average Bonchev–Trinajstić information content (AvgIpc) is 3.12. The molecule has 2 aromatic heterocycles. The Kier molecular flexibility index (Phi) is 10.0. The first-order valence-electron chi connectivity index (χ1n) is 18.1. The highest BCUT2D eigenvalue weighted by molar-refractivity contribution is 9.10. The molecule has 3 amide bonds. The van der Waals surface area contributed by atoms with Gasteiger partial charge in [0.15, 0.2) is 0 Å². The van der Waals surface area contributed by atoms with Crippen LogP contribution < -0.4 is 21.1 Å². The van der Waals surface area contributed by atoms with Crippen molar-refractivity contribution in [2.75, 3.05) is 56.5 Å². The van der Waals surface area contributed by atoms with Gasteiger partial charge in [-0.3, -0.25) is 24.5 Å². The first kappa shape index (κ1) is 35.3. The van der Waals surface area contributed by atoms with E-state index < -0.39 is 0 Å². The Labute approximate surface area is 307 Å². The van der Waals surface area contributed by atoms with Gasteiger partial charge in [0.2, 0.25) is 11.8 Å². The number of imide groups is 1. The van der Waals surface area contributed by atoms with Crippen LogP contribution in [-0.2, 0) is 16.6 Å². The summed E-state index contributed by atoms with van der Waals surface area (Å²) in [5, 5.41) is 10.1. The third-order valence-electron chi connectivity index (χ3n) is 11.7. The van der Waals surface area contributed by atoms with Gasteiger partial charge in [-0.25, -0.2) is 9.67 Å². The number of nitrogens with zero attached hydrogens (tertiary/aromatic N) is 6. The number of aryl methyl sites for hydroxylation is 2. The minimum absolute atomic E-state index is 0.105. The molecule has 3 aromatic rings. The SMILES string of the molecule is Cc1cc(N2CCC3(CCN(C(=O)c4ccc([C@@H]5C[C@H](Nc6cnn(C)c(=O)c6Br)CN(C)C5)cc4)CC3)CC2)ncc1C1CCC(=O)NC1=O. The number of hydrogen-bond donors (Lipinski definition) is 2. The van der Waals surface area contributed by atoms with E-state index in [0.717, 1.165) is 93.9 Å². The van der Waals surface area contributed by atoms with Crippen molar-refractivity contribution in [1.82, 2.24) is 29.9 Å². The monoisotopic (exact) mass is 758 g/mol. The Morgan fingerprint density at radius 2 is 1.69 bits per heavy atom. The molecule has 2 N–H and O–H groups in total. The van der Waals surface area contributed by atoms with Crippen molar-refractivity contribution in [3.8, 4) is 0 Å². The van der Waals surface area contributed by atoms with Crippen molar-refractivity contribution in [3.63, 3.8) is 0 Å². The number of carbonyl (C=O) groups excluding carboxylic acids is 3. The second kappa shape index (κ2) is 14.5. The van der Waals surface area contributed by atoms with Gasteiger partial charge in [-0.1, -0.05) is 12.1 Å². The van der Waals surface area contributed by atoms with Crippen LogP contribution >= 0.6 is 15.9 Å². The van der Waals surface area contributed by atoms with Gasteiger partial charge in [0.05, 0.1) is 17.8 Å². The predicted molar refractivity (Wildman–Crippen MR) is 199 cm³/mol. The molecule has 4 aliphatic heterocycles. The second-order valence-corrected chi connectivity index (χ2v) is 15.9. The summed E-state index contributed by atoms with van der Waals surface area (Å²) in [6.07, 6.45) is 9.46. The van der Waals surface area contributed by atoms with E-state index in [9.17, 15) is 19.2 Å². The Bertz CT molecular complexity index is 1860. The normalized spacial score (nSPS) is 24.0. The number of aromatic nitrogens is 3. The summed E-state index contributed by atoms with van der Waals surface area (Å²) in [5.41, 5.74) is 4.66. The van der Waals surface area contributed by atoms with E-state index in [4.69, 9.17) is 4.98 Å². The van der Waals surface area contributed by atoms with Crippen LogP contribution in [0.25, 0.3) is 0 Å². The molecule has 1 unspecified atom stereocenters. The molecule has 0 bridgehead atoms. The van der Waals surface area contributed by atoms with Gasteiger partial charge in [-0.2, -0.15) is 5.10 Å². The Hall–Kier alpha value is -4.10. The van der Waals surface area contributed by atoms with Crippen LogP contribution in [0.4, 0.5) is 11.5 Å². The molecule has 270 valence electrons. The number of halogens is 1. The second-order valence-electron chi connectivity index (χ2n) is 15.1. The minimum atomic E-state index is -0.324. The van der Waals surface area contributed by atoms with Crippen molar-refractivity contribution in [2.24, 2.45) is 12.5 Å². The number of nitrogens with one attached hydrogen (secondary N) is 2. The van der Waals surface area contributed by atoms with Crippen LogP contribution in [0.2, 0.25) is 0 Å². The van der Waals surface area contributed by atoms with Crippen molar-refractivity contribution in [2.45, 2.75) is 69.7 Å². The van der Waals surface area contributed by atoms with Gasteiger partial charge in [0.25, 0.3) is 11.5 Å². The number of benzene rings is 1. The first-order chi connectivity index (χ1) is 24.5. The maximum atomic E-state index is 13.6. The van der Waals surface area contributed by atoms with E-state index in [2.05, 4.69) is 66.7 Å². The summed E-state index contributed by atoms with van der Waals surface area (Å²) in [4.78, 5) is 61.4. The molecule has 51 heavy (non-hydrogen) atoms. The van der Waals surface area contributed by atoms with E-state index in [1.165, 1.54) is 10.2 Å². The van der Waals surface area contributed by atoms with E-state index in [0.29, 0.717) is 28.9 Å². The fourth-order valence-electron chi connectivity index (χ4n) is 8.55. The standard InChI is InChI=1S/C38H47BrN8O4/c1-24-18-32(40-20-30(24)29-8-9-33(48)43-35(29)49)46-14-10-38(11-15-46)12-16-47(17-13-38)36(50)26-6-4-25(5-7-26)27-19-28(23-44(2)22-27)42-31-21-41-45(3)37(51)34(31)39/h4-7,18,20-21,27-29,42H,8-17,19,22-23H2,1-3H3,(H,43,48,49)/t27-,28+,29?/m1/s1. The smallest absolute Gasteiger partial charge is 0.282 e. The van der Waals surface area contributed by atoms with Crippen LogP contribution in [0.5, 0.6) is 0 Å². The molecule has 4 saturated heterocycles. The number of anilines is 2. The van der Waals surface area contributed by atoms with Gasteiger partial charge in [0, 0.05) is 70.5 Å². The molecular weight excluding hydrogens is 712 g/mol. The Morgan fingerprint density at radius 3 is 2.37 bits per heavy atom.